The van der Waals surface area contributed by atoms with Gasteiger partial charge in [0.25, 0.3) is 5.91 Å². The number of hydrogen-bond donors (Lipinski definition) is 1. The van der Waals surface area contributed by atoms with E-state index in [9.17, 15) is 18.0 Å². The van der Waals surface area contributed by atoms with Crippen LogP contribution >= 0.6 is 0 Å². The summed E-state index contributed by atoms with van der Waals surface area (Å²) in [5, 5.41) is 11.6. The van der Waals surface area contributed by atoms with E-state index in [-0.39, 0.29) is 17.6 Å². The van der Waals surface area contributed by atoms with E-state index in [0.717, 1.165) is 18.6 Å². The average Bonchev–Trinajstić information content (AvgIpc) is 2.52. The van der Waals surface area contributed by atoms with Crippen LogP contribution in [0.15, 0.2) is 18.2 Å². The highest BCUT2D eigenvalue weighted by molar-refractivity contribution is 5.81. The first-order valence-electron chi connectivity index (χ1n) is 8.60. The SMILES string of the molecule is CC(C)CCNC(=O)C(CC(C)C)Oc1ccc(C#N)c(C(F)(F)F)c1. The van der Waals surface area contributed by atoms with Crippen LogP contribution in [0, 0.1) is 23.2 Å². The quantitative estimate of drug-likeness (QED) is 0.731. The summed E-state index contributed by atoms with van der Waals surface area (Å²) in [5.41, 5.74) is -1.55. The van der Waals surface area contributed by atoms with E-state index < -0.39 is 23.4 Å². The maximum Gasteiger partial charge on any atom is 0.417 e. The molecule has 4 nitrogen and oxygen atoms in total. The molecule has 144 valence electrons. The lowest BCUT2D eigenvalue weighted by Gasteiger charge is -2.21. The van der Waals surface area contributed by atoms with Crippen molar-refractivity contribution in [1.29, 1.82) is 5.26 Å². The van der Waals surface area contributed by atoms with Gasteiger partial charge in [0.1, 0.15) is 5.75 Å². The molecule has 1 atom stereocenters. The Morgan fingerprint density at radius 3 is 2.38 bits per heavy atom. The van der Waals surface area contributed by atoms with Crippen molar-refractivity contribution in [2.45, 2.75) is 52.8 Å². The van der Waals surface area contributed by atoms with E-state index in [2.05, 4.69) is 5.32 Å². The van der Waals surface area contributed by atoms with Crippen molar-refractivity contribution in [1.82, 2.24) is 5.32 Å². The molecule has 1 unspecified atom stereocenters. The molecule has 0 aliphatic carbocycles. The van der Waals surface area contributed by atoms with Gasteiger partial charge in [-0.3, -0.25) is 4.79 Å². The van der Waals surface area contributed by atoms with Crippen LogP contribution in [0.25, 0.3) is 0 Å². The topological polar surface area (TPSA) is 62.1 Å². The number of carbonyl (C=O) groups excluding carboxylic acids is 1. The van der Waals surface area contributed by atoms with Crippen LogP contribution in [0.4, 0.5) is 13.2 Å². The Morgan fingerprint density at radius 1 is 1.23 bits per heavy atom. The van der Waals surface area contributed by atoms with Crippen LogP contribution in [-0.2, 0) is 11.0 Å². The Balaban J connectivity index is 2.97. The van der Waals surface area contributed by atoms with Gasteiger partial charge in [-0.1, -0.05) is 27.7 Å². The third-order valence-corrected chi connectivity index (χ3v) is 3.69. The summed E-state index contributed by atoms with van der Waals surface area (Å²) in [6.07, 6.45) is -4.39. The average molecular weight is 370 g/mol. The second-order valence-corrected chi connectivity index (χ2v) is 7.03. The predicted octanol–water partition coefficient (Wildman–Crippen LogP) is 4.53. The van der Waals surface area contributed by atoms with Crippen LogP contribution in [0.1, 0.15) is 51.7 Å². The monoisotopic (exact) mass is 370 g/mol. The molecule has 1 amide bonds. The number of carbonyl (C=O) groups is 1. The van der Waals surface area contributed by atoms with Gasteiger partial charge in [-0.25, -0.2) is 0 Å². The van der Waals surface area contributed by atoms with Crippen LogP contribution in [0.3, 0.4) is 0 Å². The first kappa shape index (κ1) is 21.8. The molecule has 0 heterocycles. The number of nitriles is 1. The standard InChI is InChI=1S/C19H25F3N2O2/c1-12(2)7-8-24-18(25)17(9-13(3)4)26-15-6-5-14(11-23)16(10-15)19(20,21)22/h5-6,10,12-13,17H,7-9H2,1-4H3,(H,24,25). The van der Waals surface area contributed by atoms with Gasteiger partial charge in [-0.05, 0) is 42.9 Å². The smallest absolute Gasteiger partial charge is 0.417 e. The Kier molecular flexibility index (Phi) is 7.94. The molecule has 0 aliphatic heterocycles. The molecule has 0 bridgehead atoms. The number of rotatable bonds is 8. The first-order chi connectivity index (χ1) is 12.0. The van der Waals surface area contributed by atoms with Gasteiger partial charge in [0, 0.05) is 6.54 Å². The second kappa shape index (κ2) is 9.46. The lowest BCUT2D eigenvalue weighted by Crippen LogP contribution is -2.40. The Morgan fingerprint density at radius 2 is 1.88 bits per heavy atom. The van der Waals surface area contributed by atoms with Gasteiger partial charge < -0.3 is 10.1 Å². The maximum absolute atomic E-state index is 13.1. The molecule has 0 aliphatic rings. The van der Waals surface area contributed by atoms with Gasteiger partial charge >= 0.3 is 6.18 Å². The molecule has 0 saturated carbocycles. The molecule has 0 saturated heterocycles. The fraction of sp³-hybridized carbons (Fsp3) is 0.579. The minimum atomic E-state index is -4.67. The molecule has 1 N–H and O–H groups in total. The van der Waals surface area contributed by atoms with Crippen LogP contribution in [0.5, 0.6) is 5.75 Å². The van der Waals surface area contributed by atoms with Crippen molar-refractivity contribution >= 4 is 5.91 Å². The van der Waals surface area contributed by atoms with Crippen molar-refractivity contribution in [3.8, 4) is 11.8 Å². The van der Waals surface area contributed by atoms with Gasteiger partial charge in [0.05, 0.1) is 17.2 Å². The van der Waals surface area contributed by atoms with E-state index >= 15 is 0 Å². The predicted molar refractivity (Wildman–Crippen MR) is 92.5 cm³/mol. The van der Waals surface area contributed by atoms with E-state index in [1.165, 1.54) is 12.1 Å². The number of alkyl halides is 3. The number of nitrogens with zero attached hydrogens (tertiary/aromatic N) is 1. The molecule has 1 aromatic carbocycles. The van der Waals surface area contributed by atoms with E-state index in [1.54, 1.807) is 0 Å². The van der Waals surface area contributed by atoms with Gasteiger partial charge in [0.2, 0.25) is 0 Å². The molecule has 1 aromatic rings. The molecule has 0 fully saturated rings. The minimum Gasteiger partial charge on any atom is -0.481 e. The summed E-state index contributed by atoms with van der Waals surface area (Å²) in [6, 6.07) is 4.63. The Bertz CT molecular complexity index is 649. The van der Waals surface area contributed by atoms with E-state index in [0.29, 0.717) is 18.9 Å². The third kappa shape index (κ3) is 6.95. The molecule has 0 aromatic heterocycles. The first-order valence-corrected chi connectivity index (χ1v) is 8.60. The van der Waals surface area contributed by atoms with Crippen molar-refractivity contribution < 1.29 is 22.7 Å². The number of hydrogen-bond acceptors (Lipinski definition) is 3. The fourth-order valence-corrected chi connectivity index (χ4v) is 2.33. The largest absolute Gasteiger partial charge is 0.481 e. The van der Waals surface area contributed by atoms with Crippen molar-refractivity contribution in [2.24, 2.45) is 11.8 Å². The van der Waals surface area contributed by atoms with Gasteiger partial charge in [-0.2, -0.15) is 18.4 Å². The van der Waals surface area contributed by atoms with Crippen LogP contribution in [-0.4, -0.2) is 18.6 Å². The highest BCUT2D eigenvalue weighted by Gasteiger charge is 2.34. The lowest BCUT2D eigenvalue weighted by atomic mass is 10.0. The van der Waals surface area contributed by atoms with Crippen LogP contribution < -0.4 is 10.1 Å². The molecular formula is C19H25F3N2O2. The Labute approximate surface area is 152 Å². The maximum atomic E-state index is 13.1. The van der Waals surface area contributed by atoms with E-state index in [1.807, 2.05) is 27.7 Å². The summed E-state index contributed by atoms with van der Waals surface area (Å²) >= 11 is 0. The fourth-order valence-electron chi connectivity index (χ4n) is 2.33. The van der Waals surface area contributed by atoms with Crippen molar-refractivity contribution in [3.63, 3.8) is 0 Å². The normalized spacial score (nSPS) is 12.8. The molecule has 7 heteroatoms. The number of ether oxygens (including phenoxy) is 1. The zero-order valence-electron chi connectivity index (χ0n) is 15.5. The van der Waals surface area contributed by atoms with Gasteiger partial charge in [-0.15, -0.1) is 0 Å². The summed E-state index contributed by atoms with van der Waals surface area (Å²) < 4.78 is 44.8. The summed E-state index contributed by atoms with van der Waals surface area (Å²) in [7, 11) is 0. The zero-order valence-corrected chi connectivity index (χ0v) is 15.5. The summed E-state index contributed by atoms with van der Waals surface area (Å²) in [6.45, 7) is 8.35. The zero-order chi connectivity index (χ0) is 19.9. The summed E-state index contributed by atoms with van der Waals surface area (Å²) in [4.78, 5) is 12.4. The number of amides is 1. The van der Waals surface area contributed by atoms with Crippen molar-refractivity contribution in [2.75, 3.05) is 6.54 Å². The van der Waals surface area contributed by atoms with E-state index in [4.69, 9.17) is 10.00 Å². The molecule has 26 heavy (non-hydrogen) atoms. The highest BCUT2D eigenvalue weighted by atomic mass is 19.4. The second-order valence-electron chi connectivity index (χ2n) is 7.03. The number of nitrogens with one attached hydrogen (secondary N) is 1. The minimum absolute atomic E-state index is 0.0824. The lowest BCUT2D eigenvalue weighted by molar-refractivity contribution is -0.137. The molecule has 1 rings (SSSR count). The third-order valence-electron chi connectivity index (χ3n) is 3.69. The number of halogens is 3. The molecule has 0 spiro atoms. The van der Waals surface area contributed by atoms with Crippen LogP contribution in [0.2, 0.25) is 0 Å². The van der Waals surface area contributed by atoms with Gasteiger partial charge in [0.15, 0.2) is 6.10 Å². The summed E-state index contributed by atoms with van der Waals surface area (Å²) in [5.74, 6) is 0.113. The highest BCUT2D eigenvalue weighted by Crippen LogP contribution is 2.34. The molecule has 0 radical (unpaired) electrons. The number of benzene rings is 1. The van der Waals surface area contributed by atoms with Crippen molar-refractivity contribution in [3.05, 3.63) is 29.3 Å². The molecular weight excluding hydrogens is 345 g/mol. The Hall–Kier alpha value is -2.23.